The van der Waals surface area contributed by atoms with E-state index in [2.05, 4.69) is 10.4 Å². The Morgan fingerprint density at radius 3 is 3.00 bits per heavy atom. The van der Waals surface area contributed by atoms with Crippen molar-refractivity contribution in [1.82, 2.24) is 15.1 Å². The van der Waals surface area contributed by atoms with Crippen molar-refractivity contribution in [3.63, 3.8) is 0 Å². The van der Waals surface area contributed by atoms with Crippen molar-refractivity contribution >= 4 is 5.97 Å². The van der Waals surface area contributed by atoms with E-state index in [0.29, 0.717) is 13.1 Å². The molecule has 0 fully saturated rings. The van der Waals surface area contributed by atoms with Crippen LogP contribution in [-0.4, -0.2) is 27.4 Å². The van der Waals surface area contributed by atoms with Crippen molar-refractivity contribution in [2.24, 2.45) is 7.05 Å². The lowest BCUT2D eigenvalue weighted by atomic mass is 10.3. The van der Waals surface area contributed by atoms with Gasteiger partial charge in [0.25, 0.3) is 0 Å². The van der Waals surface area contributed by atoms with Crippen LogP contribution in [0.2, 0.25) is 0 Å². The number of carboxylic acids is 1. The lowest BCUT2D eigenvalue weighted by molar-refractivity contribution is -0.131. The predicted molar refractivity (Wildman–Crippen MR) is 56.3 cm³/mol. The highest BCUT2D eigenvalue weighted by Gasteiger charge is 1.98. The lowest BCUT2D eigenvalue weighted by Gasteiger charge is -2.04. The van der Waals surface area contributed by atoms with Crippen LogP contribution in [-0.2, 0) is 18.4 Å². The standard InChI is InChI=1S/C10H15N3O2/c1-8(5-10(14)15)6-11-7-9-3-4-12-13(9)2/h3-5,11H,6-7H2,1-2H3,(H,14,15). The summed E-state index contributed by atoms with van der Waals surface area (Å²) in [6, 6.07) is 1.92. The van der Waals surface area contributed by atoms with Crippen LogP contribution in [0.5, 0.6) is 0 Å². The van der Waals surface area contributed by atoms with E-state index < -0.39 is 5.97 Å². The summed E-state index contributed by atoms with van der Waals surface area (Å²) in [7, 11) is 1.87. The molecule has 1 aromatic heterocycles. The molecule has 0 aliphatic carbocycles. The maximum Gasteiger partial charge on any atom is 0.328 e. The molecular weight excluding hydrogens is 194 g/mol. The Morgan fingerprint density at radius 2 is 2.47 bits per heavy atom. The van der Waals surface area contributed by atoms with Gasteiger partial charge < -0.3 is 10.4 Å². The van der Waals surface area contributed by atoms with Crippen molar-refractivity contribution in [3.05, 3.63) is 29.6 Å². The molecule has 0 amide bonds. The first-order chi connectivity index (χ1) is 7.09. The third kappa shape index (κ3) is 3.95. The molecule has 1 heterocycles. The van der Waals surface area contributed by atoms with Crippen molar-refractivity contribution in [1.29, 1.82) is 0 Å². The second-order valence-corrected chi connectivity index (χ2v) is 3.38. The van der Waals surface area contributed by atoms with Crippen LogP contribution >= 0.6 is 0 Å². The van der Waals surface area contributed by atoms with E-state index in [1.807, 2.05) is 13.1 Å². The zero-order chi connectivity index (χ0) is 11.3. The molecule has 82 valence electrons. The van der Waals surface area contributed by atoms with Gasteiger partial charge in [0.2, 0.25) is 0 Å². The average molecular weight is 209 g/mol. The Kier molecular flexibility index (Phi) is 4.05. The minimum Gasteiger partial charge on any atom is -0.478 e. The summed E-state index contributed by atoms with van der Waals surface area (Å²) in [4.78, 5) is 10.3. The number of aryl methyl sites for hydroxylation is 1. The van der Waals surface area contributed by atoms with Crippen molar-refractivity contribution < 1.29 is 9.90 Å². The summed E-state index contributed by atoms with van der Waals surface area (Å²) in [5.41, 5.74) is 1.86. The molecule has 1 aromatic rings. The molecule has 2 N–H and O–H groups in total. The molecule has 0 aromatic carbocycles. The summed E-state index contributed by atoms with van der Waals surface area (Å²) in [6.07, 6.45) is 2.94. The zero-order valence-electron chi connectivity index (χ0n) is 8.90. The minimum absolute atomic E-state index is 0.567. The highest BCUT2D eigenvalue weighted by molar-refractivity contribution is 5.80. The fraction of sp³-hybridized carbons (Fsp3) is 0.400. The molecule has 15 heavy (non-hydrogen) atoms. The molecule has 0 saturated carbocycles. The largest absolute Gasteiger partial charge is 0.478 e. The SMILES string of the molecule is CC(=CC(=O)O)CNCc1ccnn1C. The summed E-state index contributed by atoms with van der Waals surface area (Å²) in [5, 5.41) is 15.7. The Morgan fingerprint density at radius 1 is 1.73 bits per heavy atom. The predicted octanol–water partition coefficient (Wildman–Crippen LogP) is 0.541. The lowest BCUT2D eigenvalue weighted by Crippen LogP contribution is -2.18. The Balaban J connectivity index is 2.34. The highest BCUT2D eigenvalue weighted by Crippen LogP contribution is 1.96. The van der Waals surface area contributed by atoms with Crippen LogP contribution in [0.1, 0.15) is 12.6 Å². The van der Waals surface area contributed by atoms with Crippen molar-refractivity contribution in [2.75, 3.05) is 6.54 Å². The molecule has 0 radical (unpaired) electrons. The highest BCUT2D eigenvalue weighted by atomic mass is 16.4. The molecule has 0 bridgehead atoms. The van der Waals surface area contributed by atoms with Crippen LogP contribution in [0.25, 0.3) is 0 Å². The Bertz CT molecular complexity index is 368. The van der Waals surface area contributed by atoms with E-state index in [1.54, 1.807) is 17.8 Å². The first-order valence-electron chi connectivity index (χ1n) is 4.67. The molecule has 0 aliphatic rings. The first kappa shape index (κ1) is 11.5. The Labute approximate surface area is 88.4 Å². The summed E-state index contributed by atoms with van der Waals surface area (Å²) >= 11 is 0. The van der Waals surface area contributed by atoms with Gasteiger partial charge in [-0.25, -0.2) is 4.79 Å². The molecular formula is C10H15N3O2. The number of nitrogens with one attached hydrogen (secondary N) is 1. The van der Waals surface area contributed by atoms with Crippen LogP contribution in [0.4, 0.5) is 0 Å². The van der Waals surface area contributed by atoms with Crippen LogP contribution in [0, 0.1) is 0 Å². The van der Waals surface area contributed by atoms with Gasteiger partial charge in [-0.1, -0.05) is 5.57 Å². The maximum absolute atomic E-state index is 10.3. The summed E-state index contributed by atoms with van der Waals surface area (Å²) < 4.78 is 1.78. The quantitative estimate of drug-likeness (QED) is 0.695. The minimum atomic E-state index is -0.908. The number of rotatable bonds is 5. The number of aromatic nitrogens is 2. The van der Waals surface area contributed by atoms with Crippen LogP contribution in [0.15, 0.2) is 23.9 Å². The smallest absolute Gasteiger partial charge is 0.328 e. The molecule has 0 aliphatic heterocycles. The third-order valence-electron chi connectivity index (χ3n) is 2.00. The molecule has 0 atom stereocenters. The van der Waals surface area contributed by atoms with Gasteiger partial charge in [0.05, 0.1) is 5.69 Å². The van der Waals surface area contributed by atoms with Gasteiger partial charge in [-0.15, -0.1) is 0 Å². The number of carboxylic acid groups (broad SMARTS) is 1. The molecule has 0 saturated heterocycles. The molecule has 5 nitrogen and oxygen atoms in total. The second-order valence-electron chi connectivity index (χ2n) is 3.38. The maximum atomic E-state index is 10.3. The Hall–Kier alpha value is -1.62. The van der Waals surface area contributed by atoms with Gasteiger partial charge in [0.15, 0.2) is 0 Å². The van der Waals surface area contributed by atoms with Gasteiger partial charge >= 0.3 is 5.97 Å². The zero-order valence-corrected chi connectivity index (χ0v) is 8.90. The number of hydrogen-bond donors (Lipinski definition) is 2. The van der Waals surface area contributed by atoms with E-state index in [-0.39, 0.29) is 0 Å². The van der Waals surface area contributed by atoms with E-state index in [1.165, 1.54) is 6.08 Å². The monoisotopic (exact) mass is 209 g/mol. The third-order valence-corrected chi connectivity index (χ3v) is 2.00. The van der Waals surface area contributed by atoms with E-state index in [9.17, 15) is 4.79 Å². The van der Waals surface area contributed by atoms with E-state index in [0.717, 1.165) is 11.3 Å². The number of aliphatic carboxylic acids is 1. The van der Waals surface area contributed by atoms with Crippen molar-refractivity contribution in [3.8, 4) is 0 Å². The number of nitrogens with zero attached hydrogens (tertiary/aromatic N) is 2. The summed E-state index contributed by atoms with van der Waals surface area (Å²) in [6.45, 7) is 3.03. The molecule has 5 heteroatoms. The molecule has 0 spiro atoms. The fourth-order valence-electron chi connectivity index (χ4n) is 1.22. The van der Waals surface area contributed by atoms with Crippen LogP contribution < -0.4 is 5.32 Å². The number of hydrogen-bond acceptors (Lipinski definition) is 3. The number of carbonyl (C=O) groups is 1. The molecule has 0 unspecified atom stereocenters. The topological polar surface area (TPSA) is 67.2 Å². The average Bonchev–Trinajstić information content (AvgIpc) is 2.50. The van der Waals surface area contributed by atoms with E-state index in [4.69, 9.17) is 5.11 Å². The van der Waals surface area contributed by atoms with Gasteiger partial charge in [-0.3, -0.25) is 4.68 Å². The van der Waals surface area contributed by atoms with Gasteiger partial charge in [0, 0.05) is 32.4 Å². The normalized spacial score (nSPS) is 11.7. The molecule has 1 rings (SSSR count). The van der Waals surface area contributed by atoms with Crippen molar-refractivity contribution in [2.45, 2.75) is 13.5 Å². The van der Waals surface area contributed by atoms with Gasteiger partial charge in [0.1, 0.15) is 0 Å². The van der Waals surface area contributed by atoms with E-state index >= 15 is 0 Å². The van der Waals surface area contributed by atoms with Crippen LogP contribution in [0.3, 0.4) is 0 Å². The second kappa shape index (κ2) is 5.31. The fourth-order valence-corrected chi connectivity index (χ4v) is 1.22. The van der Waals surface area contributed by atoms with Gasteiger partial charge in [-0.2, -0.15) is 5.10 Å². The summed E-state index contributed by atoms with van der Waals surface area (Å²) in [5.74, 6) is -0.908. The van der Waals surface area contributed by atoms with Gasteiger partial charge in [-0.05, 0) is 13.0 Å². The first-order valence-corrected chi connectivity index (χ1v) is 4.67.